The zero-order valence-corrected chi connectivity index (χ0v) is 21.9. The van der Waals surface area contributed by atoms with Crippen molar-refractivity contribution in [2.75, 3.05) is 51.5 Å². The molecule has 1 aliphatic rings. The smallest absolute Gasteiger partial charge is 0.240 e. The van der Waals surface area contributed by atoms with Crippen LogP contribution in [0.3, 0.4) is 0 Å². The van der Waals surface area contributed by atoms with Gasteiger partial charge in [-0.15, -0.1) is 0 Å². The Kier molecular flexibility index (Phi) is 8.02. The second kappa shape index (κ2) is 11.2. The Morgan fingerprint density at radius 2 is 2.11 bits per heavy atom. The van der Waals surface area contributed by atoms with E-state index in [1.807, 2.05) is 30.1 Å². The first-order valence-electron chi connectivity index (χ1n) is 11.8. The van der Waals surface area contributed by atoms with Crippen LogP contribution in [0.1, 0.15) is 12.1 Å². The van der Waals surface area contributed by atoms with Crippen molar-refractivity contribution in [3.63, 3.8) is 0 Å². The topological polar surface area (TPSA) is 101 Å². The van der Waals surface area contributed by atoms with Gasteiger partial charge in [0, 0.05) is 30.6 Å². The third kappa shape index (κ3) is 5.72. The highest BCUT2D eigenvalue weighted by atomic mass is 32.2. The minimum absolute atomic E-state index is 0.103. The number of rotatable bonds is 8. The Morgan fingerprint density at radius 3 is 2.81 bits per heavy atom. The highest BCUT2D eigenvalue weighted by Crippen LogP contribution is 2.29. The van der Waals surface area contributed by atoms with Gasteiger partial charge in [0.25, 0.3) is 0 Å². The molecule has 1 aromatic heterocycles. The number of methoxy groups -OCH3 is 1. The van der Waals surface area contributed by atoms with Gasteiger partial charge in [-0.3, -0.25) is 0 Å². The Bertz CT molecular complexity index is 1460. The molecule has 0 aliphatic carbocycles. The Labute approximate surface area is 216 Å². The van der Waals surface area contributed by atoms with Gasteiger partial charge in [-0.2, -0.15) is 9.78 Å². The summed E-state index contributed by atoms with van der Waals surface area (Å²) < 4.78 is 47.9. The summed E-state index contributed by atoms with van der Waals surface area (Å²) in [6, 6.07) is 13.0. The predicted molar refractivity (Wildman–Crippen MR) is 145 cm³/mol. The molecule has 0 bridgehead atoms. The number of alkyl halides is 1. The number of aromatic nitrogens is 2. The Balaban J connectivity index is 1.53. The van der Waals surface area contributed by atoms with Crippen molar-refractivity contribution in [2.24, 2.45) is 0 Å². The predicted octanol–water partition coefficient (Wildman–Crippen LogP) is 2.97. The lowest BCUT2D eigenvalue weighted by Gasteiger charge is -2.33. The fourth-order valence-corrected chi connectivity index (χ4v) is 5.04. The van der Waals surface area contributed by atoms with E-state index in [-0.39, 0.29) is 17.5 Å². The van der Waals surface area contributed by atoms with E-state index in [4.69, 9.17) is 4.74 Å². The maximum Gasteiger partial charge on any atom is 0.240 e. The molecule has 1 fully saturated rings. The number of likely N-dealkylation sites (tertiary alicyclic amines) is 1. The van der Waals surface area contributed by atoms with E-state index in [1.165, 1.54) is 26.3 Å². The number of hydrogen-bond donors (Lipinski definition) is 3. The summed E-state index contributed by atoms with van der Waals surface area (Å²) in [6.07, 6.45) is 1.43. The lowest BCUT2D eigenvalue weighted by molar-refractivity contribution is 0.149. The molecule has 0 radical (unpaired) electrons. The van der Waals surface area contributed by atoms with Crippen molar-refractivity contribution in [2.45, 2.75) is 23.5 Å². The maximum atomic E-state index is 14.6. The number of piperidine rings is 1. The molecular weight excluding hydrogens is 495 g/mol. The van der Waals surface area contributed by atoms with Gasteiger partial charge >= 0.3 is 0 Å². The van der Waals surface area contributed by atoms with E-state index in [1.54, 1.807) is 16.8 Å². The number of sulfonamides is 1. The lowest BCUT2D eigenvalue weighted by atomic mass is 10.0. The monoisotopic (exact) mass is 526 g/mol. The van der Waals surface area contributed by atoms with E-state index in [0.717, 1.165) is 23.3 Å². The van der Waals surface area contributed by atoms with Crippen LogP contribution in [-0.4, -0.2) is 76.2 Å². The molecule has 2 atom stereocenters. The van der Waals surface area contributed by atoms with Crippen molar-refractivity contribution in [3.05, 3.63) is 48.7 Å². The molecule has 3 N–H and O–H groups in total. The number of anilines is 2. The summed E-state index contributed by atoms with van der Waals surface area (Å²) >= 11 is 0. The summed E-state index contributed by atoms with van der Waals surface area (Å²) in [4.78, 5) is 2.09. The minimum atomic E-state index is -3.58. The van der Waals surface area contributed by atoms with E-state index in [2.05, 4.69) is 39.0 Å². The number of hydrogen-bond acceptors (Lipinski definition) is 7. The normalized spacial score (nSPS) is 18.2. The highest BCUT2D eigenvalue weighted by Gasteiger charge is 2.28. The van der Waals surface area contributed by atoms with Crippen LogP contribution in [0.25, 0.3) is 17.0 Å². The zero-order chi connectivity index (χ0) is 26.6. The van der Waals surface area contributed by atoms with Gasteiger partial charge < -0.3 is 20.3 Å². The van der Waals surface area contributed by atoms with E-state index < -0.39 is 16.2 Å². The van der Waals surface area contributed by atoms with Gasteiger partial charge in [0.1, 0.15) is 17.4 Å². The largest absolute Gasteiger partial charge is 0.495 e. The molecule has 0 spiro atoms. The minimum Gasteiger partial charge on any atom is -0.495 e. The third-order valence-electron chi connectivity index (χ3n) is 6.32. The summed E-state index contributed by atoms with van der Waals surface area (Å²) in [5.74, 6) is 3.41. The van der Waals surface area contributed by atoms with Crippen LogP contribution in [0.2, 0.25) is 0 Å². The standard InChI is InChI=1S/C26H31FN6O3S/c1-5-24-19-8-6-9-23(30-21-12-15-32(3)17-20(21)27)26(19)31-33(24)14-7-13-29-22-11-10-18(16-25(22)36-4)37(34,35)28-2/h5-6,8-11,16,20-21,28-30H,1,12-13,15,17H2,2-4H3/t20-,21+/m0/s1. The number of halogens is 1. The molecule has 4 rings (SSSR count). The van der Waals surface area contributed by atoms with Crippen molar-refractivity contribution in [1.29, 1.82) is 0 Å². The molecule has 37 heavy (non-hydrogen) atoms. The first kappa shape index (κ1) is 26.5. The molecule has 2 heterocycles. The van der Waals surface area contributed by atoms with Gasteiger partial charge in [-0.25, -0.2) is 17.5 Å². The molecule has 3 aromatic rings. The molecule has 2 aromatic carbocycles. The molecule has 0 saturated carbocycles. The molecule has 11 heteroatoms. The van der Waals surface area contributed by atoms with Crippen molar-refractivity contribution in [3.8, 4) is 17.7 Å². The lowest BCUT2D eigenvalue weighted by Crippen LogP contribution is -2.46. The summed E-state index contributed by atoms with van der Waals surface area (Å²) in [7, 11) is 1.16. The Hall–Kier alpha value is -3.59. The molecule has 0 unspecified atom stereocenters. The molecule has 1 saturated heterocycles. The van der Waals surface area contributed by atoms with Crippen LogP contribution in [-0.2, 0) is 10.0 Å². The number of nitrogens with zero attached hydrogens (tertiary/aromatic N) is 3. The Morgan fingerprint density at radius 1 is 1.30 bits per heavy atom. The number of benzene rings is 2. The number of fused-ring (bicyclic) bond motifs is 1. The van der Waals surface area contributed by atoms with Crippen LogP contribution in [0.15, 0.2) is 47.9 Å². The van der Waals surface area contributed by atoms with Gasteiger partial charge in [0.15, 0.2) is 0 Å². The summed E-state index contributed by atoms with van der Waals surface area (Å²) in [5.41, 5.74) is 2.81. The van der Waals surface area contributed by atoms with Gasteiger partial charge in [-0.05, 0) is 44.8 Å². The van der Waals surface area contributed by atoms with Crippen LogP contribution in [0.5, 0.6) is 5.75 Å². The highest BCUT2D eigenvalue weighted by molar-refractivity contribution is 7.89. The maximum absolute atomic E-state index is 14.6. The van der Waals surface area contributed by atoms with E-state index >= 15 is 0 Å². The fourth-order valence-electron chi connectivity index (χ4n) is 4.30. The summed E-state index contributed by atoms with van der Waals surface area (Å²) in [6.45, 7) is 5.40. The number of ether oxygens (including phenoxy) is 1. The molecule has 196 valence electrons. The third-order valence-corrected chi connectivity index (χ3v) is 7.74. The van der Waals surface area contributed by atoms with Crippen LogP contribution in [0.4, 0.5) is 15.8 Å². The van der Waals surface area contributed by atoms with Gasteiger partial charge in [0.2, 0.25) is 10.0 Å². The second-order valence-electron chi connectivity index (χ2n) is 8.73. The SMILES string of the molecule is C=Cc1c2cccc(N[C@@H]3CCN(C)C[C@@H]3F)c2nn1C#CCNc1ccc(S(=O)(=O)NC)cc1OC. The van der Waals surface area contributed by atoms with E-state index in [0.29, 0.717) is 29.9 Å². The molecule has 1 aliphatic heterocycles. The van der Waals surface area contributed by atoms with Crippen molar-refractivity contribution >= 4 is 38.4 Å². The van der Waals surface area contributed by atoms with Crippen LogP contribution >= 0.6 is 0 Å². The fraction of sp³-hybridized carbons (Fsp3) is 0.346. The number of nitrogens with one attached hydrogen (secondary N) is 3. The van der Waals surface area contributed by atoms with Crippen LogP contribution < -0.4 is 20.1 Å². The summed E-state index contributed by atoms with van der Waals surface area (Å²) in [5, 5.41) is 12.0. The molecule has 9 nitrogen and oxygen atoms in total. The zero-order valence-electron chi connectivity index (χ0n) is 21.1. The van der Waals surface area contributed by atoms with Gasteiger partial charge in [-0.1, -0.05) is 24.6 Å². The quantitative estimate of drug-likeness (QED) is 0.388. The van der Waals surface area contributed by atoms with Crippen molar-refractivity contribution < 1.29 is 17.5 Å². The van der Waals surface area contributed by atoms with E-state index in [9.17, 15) is 12.8 Å². The van der Waals surface area contributed by atoms with Gasteiger partial charge in [0.05, 0.1) is 41.7 Å². The van der Waals surface area contributed by atoms with Crippen molar-refractivity contribution in [1.82, 2.24) is 19.4 Å². The van der Waals surface area contributed by atoms with Crippen LogP contribution in [0, 0.1) is 12.0 Å². The average Bonchev–Trinajstić information content (AvgIpc) is 3.26. The average molecular weight is 527 g/mol. The second-order valence-corrected chi connectivity index (χ2v) is 10.6. The molecular formula is C26H31FN6O3S. The molecule has 0 amide bonds. The first-order chi connectivity index (χ1) is 17.8. The first-order valence-corrected chi connectivity index (χ1v) is 13.3.